The maximum Gasteiger partial charge on any atom is 0.371 e. The predicted octanol–water partition coefficient (Wildman–Crippen LogP) is 3.46. The van der Waals surface area contributed by atoms with Crippen molar-refractivity contribution >= 4 is 12.0 Å². The van der Waals surface area contributed by atoms with E-state index in [4.69, 9.17) is 4.74 Å². The van der Waals surface area contributed by atoms with Gasteiger partial charge in [-0.25, -0.2) is 4.79 Å². The maximum atomic E-state index is 11.3. The average Bonchev–Trinajstić information content (AvgIpc) is 2.49. The van der Waals surface area contributed by atoms with Crippen molar-refractivity contribution in [2.24, 2.45) is 0 Å². The van der Waals surface area contributed by atoms with Crippen LogP contribution in [-0.2, 0) is 11.2 Å². The summed E-state index contributed by atoms with van der Waals surface area (Å²) in [6, 6.07) is 13.8. The zero-order valence-corrected chi connectivity index (χ0v) is 11.6. The third-order valence-electron chi connectivity index (χ3n) is 2.98. The lowest BCUT2D eigenvalue weighted by Crippen LogP contribution is -2.07. The summed E-state index contributed by atoms with van der Waals surface area (Å²) in [5, 5.41) is 18.8. The van der Waals surface area contributed by atoms with Crippen LogP contribution in [-0.4, -0.2) is 16.2 Å². The van der Waals surface area contributed by atoms with Crippen molar-refractivity contribution in [3.63, 3.8) is 0 Å². The van der Waals surface area contributed by atoms with Crippen molar-refractivity contribution in [2.75, 3.05) is 0 Å². The van der Waals surface area contributed by atoms with Crippen molar-refractivity contribution in [3.8, 4) is 11.5 Å². The quantitative estimate of drug-likeness (QED) is 0.652. The molecule has 0 saturated heterocycles. The summed E-state index contributed by atoms with van der Waals surface area (Å²) < 4.78 is 5.28. The Bertz CT molecular complexity index is 657. The number of carboxylic acid groups (broad SMARTS) is 1. The molecule has 0 bridgehead atoms. The number of rotatable bonds is 5. The van der Waals surface area contributed by atoms with Gasteiger partial charge in [-0.05, 0) is 35.8 Å². The number of hydrogen-bond donors (Lipinski definition) is 2. The minimum Gasteiger partial charge on any atom is -0.504 e. The Labute approximate surface area is 122 Å². The Balaban J connectivity index is 2.28. The fourth-order valence-corrected chi connectivity index (χ4v) is 1.80. The molecule has 0 heterocycles. The third kappa shape index (κ3) is 3.86. The van der Waals surface area contributed by atoms with Crippen molar-refractivity contribution in [1.29, 1.82) is 0 Å². The topological polar surface area (TPSA) is 66.8 Å². The molecule has 0 spiro atoms. The molecule has 0 fully saturated rings. The van der Waals surface area contributed by atoms with Gasteiger partial charge >= 0.3 is 5.97 Å². The first kappa shape index (κ1) is 14.7. The van der Waals surface area contributed by atoms with Crippen LogP contribution in [0.25, 0.3) is 6.08 Å². The molecule has 2 rings (SSSR count). The molecule has 21 heavy (non-hydrogen) atoms. The number of carboxylic acids is 1. The number of phenols is 1. The van der Waals surface area contributed by atoms with E-state index in [1.54, 1.807) is 12.1 Å². The number of ether oxygens (including phenoxy) is 1. The largest absolute Gasteiger partial charge is 0.504 e. The Morgan fingerprint density at radius 1 is 1.14 bits per heavy atom. The number of aliphatic carboxylic acids is 1. The fourth-order valence-electron chi connectivity index (χ4n) is 1.80. The van der Waals surface area contributed by atoms with E-state index < -0.39 is 5.97 Å². The Kier molecular flexibility index (Phi) is 4.61. The monoisotopic (exact) mass is 284 g/mol. The third-order valence-corrected chi connectivity index (χ3v) is 2.98. The molecule has 0 radical (unpaired) electrons. The molecule has 4 heteroatoms. The number of benzene rings is 2. The Morgan fingerprint density at radius 3 is 2.38 bits per heavy atom. The van der Waals surface area contributed by atoms with E-state index in [9.17, 15) is 15.0 Å². The van der Waals surface area contributed by atoms with Crippen LogP contribution in [0, 0.1) is 0 Å². The van der Waals surface area contributed by atoms with Gasteiger partial charge in [0.1, 0.15) is 0 Å². The van der Waals surface area contributed by atoms with Crippen molar-refractivity contribution in [3.05, 3.63) is 65.4 Å². The molecule has 0 amide bonds. The second kappa shape index (κ2) is 6.61. The second-order valence-electron chi connectivity index (χ2n) is 4.48. The lowest BCUT2D eigenvalue weighted by atomic mass is 10.1. The summed E-state index contributed by atoms with van der Waals surface area (Å²) in [5.41, 5.74) is 1.89. The molecule has 2 N–H and O–H groups in total. The van der Waals surface area contributed by atoms with Gasteiger partial charge in [0.2, 0.25) is 5.76 Å². The van der Waals surface area contributed by atoms with Crippen molar-refractivity contribution in [2.45, 2.75) is 13.3 Å². The summed E-state index contributed by atoms with van der Waals surface area (Å²) in [6.07, 6.45) is 2.35. The summed E-state index contributed by atoms with van der Waals surface area (Å²) in [6.45, 7) is 2.05. The number of aromatic hydroxyl groups is 1. The van der Waals surface area contributed by atoms with Crippen LogP contribution in [0.5, 0.6) is 11.5 Å². The predicted molar refractivity (Wildman–Crippen MR) is 80.2 cm³/mol. The standard InChI is InChI=1S/C17H16O4/c1-2-12-7-9-13(10-8-12)11-16(17(19)20)21-15-6-4-3-5-14(15)18/h3-11,18H,2H2,1H3,(H,19,20). The van der Waals surface area contributed by atoms with Gasteiger partial charge in [-0.1, -0.05) is 43.3 Å². The molecule has 4 nitrogen and oxygen atoms in total. The summed E-state index contributed by atoms with van der Waals surface area (Å²) in [4.78, 5) is 11.3. The molecule has 0 aliphatic heterocycles. The van der Waals surface area contributed by atoms with Gasteiger partial charge in [-0.15, -0.1) is 0 Å². The first-order valence-corrected chi connectivity index (χ1v) is 6.60. The van der Waals surface area contributed by atoms with E-state index in [-0.39, 0.29) is 17.3 Å². The van der Waals surface area contributed by atoms with E-state index in [1.807, 2.05) is 24.3 Å². The van der Waals surface area contributed by atoms with Crippen LogP contribution < -0.4 is 4.74 Å². The van der Waals surface area contributed by atoms with E-state index in [0.717, 1.165) is 12.0 Å². The van der Waals surface area contributed by atoms with Gasteiger partial charge < -0.3 is 14.9 Å². The van der Waals surface area contributed by atoms with Gasteiger partial charge in [0, 0.05) is 0 Å². The van der Waals surface area contributed by atoms with Gasteiger partial charge in [-0.2, -0.15) is 0 Å². The number of aryl methyl sites for hydroxylation is 1. The van der Waals surface area contributed by atoms with E-state index in [2.05, 4.69) is 6.92 Å². The highest BCUT2D eigenvalue weighted by Crippen LogP contribution is 2.27. The highest BCUT2D eigenvalue weighted by Gasteiger charge is 2.12. The minimum atomic E-state index is -1.20. The van der Waals surface area contributed by atoms with Gasteiger partial charge in [0.15, 0.2) is 11.5 Å². The lowest BCUT2D eigenvalue weighted by molar-refractivity contribution is -0.134. The molecule has 0 unspecified atom stereocenters. The Morgan fingerprint density at radius 2 is 1.81 bits per heavy atom. The van der Waals surface area contributed by atoms with E-state index in [1.165, 1.54) is 23.8 Å². The molecule has 0 aliphatic carbocycles. The molecule has 108 valence electrons. The zero-order chi connectivity index (χ0) is 15.2. The van der Waals surface area contributed by atoms with Crippen molar-refractivity contribution in [1.82, 2.24) is 0 Å². The molecular formula is C17H16O4. The number of para-hydroxylation sites is 2. The Hall–Kier alpha value is -2.75. The number of hydrogen-bond acceptors (Lipinski definition) is 3. The van der Waals surface area contributed by atoms with E-state index in [0.29, 0.717) is 0 Å². The van der Waals surface area contributed by atoms with Gasteiger partial charge in [-0.3, -0.25) is 0 Å². The van der Waals surface area contributed by atoms with Crippen LogP contribution in [0.1, 0.15) is 18.1 Å². The smallest absolute Gasteiger partial charge is 0.371 e. The van der Waals surface area contributed by atoms with Crippen LogP contribution >= 0.6 is 0 Å². The van der Waals surface area contributed by atoms with E-state index >= 15 is 0 Å². The van der Waals surface area contributed by atoms with Crippen molar-refractivity contribution < 1.29 is 19.7 Å². The highest BCUT2D eigenvalue weighted by molar-refractivity contribution is 5.90. The minimum absolute atomic E-state index is 0.106. The first-order valence-electron chi connectivity index (χ1n) is 6.60. The normalized spacial score (nSPS) is 11.2. The highest BCUT2D eigenvalue weighted by atomic mass is 16.5. The number of carbonyl (C=O) groups is 1. The number of phenolic OH excluding ortho intramolecular Hbond substituents is 1. The molecule has 0 aliphatic rings. The summed E-state index contributed by atoms with van der Waals surface area (Å²) >= 11 is 0. The zero-order valence-electron chi connectivity index (χ0n) is 11.6. The molecule has 2 aromatic rings. The van der Waals surface area contributed by atoms with Gasteiger partial charge in [0.25, 0.3) is 0 Å². The second-order valence-corrected chi connectivity index (χ2v) is 4.48. The first-order chi connectivity index (χ1) is 10.1. The summed E-state index contributed by atoms with van der Waals surface area (Å²) in [7, 11) is 0. The van der Waals surface area contributed by atoms with Crippen LogP contribution in [0.4, 0.5) is 0 Å². The average molecular weight is 284 g/mol. The van der Waals surface area contributed by atoms with Crippen LogP contribution in [0.3, 0.4) is 0 Å². The molecule has 0 saturated carbocycles. The van der Waals surface area contributed by atoms with Gasteiger partial charge in [0.05, 0.1) is 0 Å². The lowest BCUT2D eigenvalue weighted by Gasteiger charge is -2.08. The molecule has 0 atom stereocenters. The summed E-state index contributed by atoms with van der Waals surface area (Å²) in [5.74, 6) is -1.44. The fraction of sp³-hybridized carbons (Fsp3) is 0.118. The van der Waals surface area contributed by atoms with Crippen LogP contribution in [0.2, 0.25) is 0 Å². The molecule has 2 aromatic carbocycles. The molecule has 0 aromatic heterocycles. The van der Waals surface area contributed by atoms with Crippen LogP contribution in [0.15, 0.2) is 54.3 Å². The molecular weight excluding hydrogens is 268 g/mol. The maximum absolute atomic E-state index is 11.3. The SMILES string of the molecule is CCc1ccc(C=C(Oc2ccccc2O)C(=O)O)cc1.